The first-order valence-corrected chi connectivity index (χ1v) is 16.1. The predicted octanol–water partition coefficient (Wildman–Crippen LogP) is 4.96. The van der Waals surface area contributed by atoms with Gasteiger partial charge in [-0.2, -0.15) is 0 Å². The number of anilines is 1. The highest BCUT2D eigenvalue weighted by atomic mass is 32.2. The Morgan fingerprint density at radius 3 is 2.17 bits per heavy atom. The molecule has 226 valence electrons. The van der Waals surface area contributed by atoms with Crippen molar-refractivity contribution in [3.8, 4) is 5.75 Å². The highest BCUT2D eigenvalue weighted by Gasteiger charge is 2.31. The van der Waals surface area contributed by atoms with Gasteiger partial charge in [0.2, 0.25) is 21.8 Å². The fourth-order valence-electron chi connectivity index (χ4n) is 4.70. The maximum Gasteiger partial charge on any atom is 0.243 e. The van der Waals surface area contributed by atoms with E-state index in [4.69, 9.17) is 4.74 Å². The minimum absolute atomic E-state index is 0.0802. The van der Waals surface area contributed by atoms with E-state index >= 15 is 0 Å². The van der Waals surface area contributed by atoms with Crippen molar-refractivity contribution < 1.29 is 22.7 Å². The molecular formula is C33H43N3O5S. The van der Waals surface area contributed by atoms with Crippen LogP contribution in [0.1, 0.15) is 43.4 Å². The second kappa shape index (κ2) is 15.4. The molecule has 9 heteroatoms. The molecule has 0 bridgehead atoms. The number of ether oxygens (including phenoxy) is 1. The van der Waals surface area contributed by atoms with Crippen molar-refractivity contribution in [2.75, 3.05) is 30.8 Å². The molecule has 0 spiro atoms. The summed E-state index contributed by atoms with van der Waals surface area (Å²) >= 11 is 0. The van der Waals surface area contributed by atoms with Crippen LogP contribution in [-0.4, -0.2) is 57.6 Å². The van der Waals surface area contributed by atoms with Gasteiger partial charge in [-0.05, 0) is 60.2 Å². The second-order valence-corrected chi connectivity index (χ2v) is 12.8. The van der Waals surface area contributed by atoms with Gasteiger partial charge in [0.25, 0.3) is 0 Å². The normalized spacial score (nSPS) is 12.0. The molecule has 3 rings (SSSR count). The third-order valence-corrected chi connectivity index (χ3v) is 8.26. The van der Waals surface area contributed by atoms with Crippen molar-refractivity contribution in [2.45, 2.75) is 52.6 Å². The van der Waals surface area contributed by atoms with Gasteiger partial charge >= 0.3 is 0 Å². The fraction of sp³-hybridized carbons (Fsp3) is 0.394. The first-order chi connectivity index (χ1) is 20.0. The quantitative estimate of drug-likeness (QED) is 0.269. The molecule has 1 unspecified atom stereocenters. The van der Waals surface area contributed by atoms with Crippen LogP contribution in [0.2, 0.25) is 0 Å². The summed E-state index contributed by atoms with van der Waals surface area (Å²) in [6.45, 7) is 6.94. The minimum Gasteiger partial charge on any atom is -0.497 e. The summed E-state index contributed by atoms with van der Waals surface area (Å²) in [6, 6.07) is 23.5. The Morgan fingerprint density at radius 1 is 0.929 bits per heavy atom. The molecule has 3 aromatic rings. The molecule has 0 saturated heterocycles. The SMILES string of the molecule is COc1ccc(N(CCCC(=O)N(Cc2ccccc2C)C(Cc2ccccc2)C(=O)NCC(C)C)S(C)(=O)=O)cc1. The number of sulfonamides is 1. The number of carbonyl (C=O) groups is 2. The van der Waals surface area contributed by atoms with E-state index in [0.29, 0.717) is 24.4 Å². The maximum absolute atomic E-state index is 13.9. The van der Waals surface area contributed by atoms with Crippen LogP contribution < -0.4 is 14.4 Å². The number of amides is 2. The summed E-state index contributed by atoms with van der Waals surface area (Å²) in [4.78, 5) is 29.2. The Hall–Kier alpha value is -3.85. The molecule has 2 amide bonds. The van der Waals surface area contributed by atoms with Gasteiger partial charge in [-0.3, -0.25) is 13.9 Å². The van der Waals surface area contributed by atoms with E-state index in [1.807, 2.05) is 75.4 Å². The number of methoxy groups -OCH3 is 1. The van der Waals surface area contributed by atoms with E-state index in [1.54, 1.807) is 36.3 Å². The average molecular weight is 594 g/mol. The number of hydrogen-bond acceptors (Lipinski definition) is 5. The van der Waals surface area contributed by atoms with Gasteiger partial charge in [-0.25, -0.2) is 8.42 Å². The zero-order chi connectivity index (χ0) is 30.7. The van der Waals surface area contributed by atoms with Gasteiger partial charge < -0.3 is 15.0 Å². The van der Waals surface area contributed by atoms with Crippen molar-refractivity contribution >= 4 is 27.5 Å². The first-order valence-electron chi connectivity index (χ1n) is 14.3. The summed E-state index contributed by atoms with van der Waals surface area (Å²) in [7, 11) is -2.04. The molecule has 0 aliphatic carbocycles. The van der Waals surface area contributed by atoms with Gasteiger partial charge in [-0.1, -0.05) is 68.4 Å². The van der Waals surface area contributed by atoms with Crippen LogP contribution in [-0.2, 0) is 32.6 Å². The molecule has 42 heavy (non-hydrogen) atoms. The van der Waals surface area contributed by atoms with Crippen molar-refractivity contribution in [1.29, 1.82) is 0 Å². The third kappa shape index (κ3) is 9.62. The lowest BCUT2D eigenvalue weighted by Crippen LogP contribution is -2.51. The number of benzene rings is 3. The Morgan fingerprint density at radius 2 is 1.57 bits per heavy atom. The highest BCUT2D eigenvalue weighted by Crippen LogP contribution is 2.23. The van der Waals surface area contributed by atoms with E-state index in [9.17, 15) is 18.0 Å². The lowest BCUT2D eigenvalue weighted by atomic mass is 10.0. The fourth-order valence-corrected chi connectivity index (χ4v) is 5.67. The Labute approximate surface area is 250 Å². The molecule has 0 aromatic heterocycles. The lowest BCUT2D eigenvalue weighted by molar-refractivity contribution is -0.141. The molecule has 0 radical (unpaired) electrons. The largest absolute Gasteiger partial charge is 0.497 e. The number of nitrogens with zero attached hydrogens (tertiary/aromatic N) is 2. The molecule has 1 N–H and O–H groups in total. The standard InChI is InChI=1S/C33H43N3O5S/c1-25(2)23-34-33(38)31(22-27-13-7-6-8-14-27)35(24-28-15-10-9-12-26(28)3)32(37)16-11-21-36(42(5,39)40)29-17-19-30(41-4)20-18-29/h6-10,12-15,17-20,25,31H,11,16,21-24H2,1-5H3,(H,34,38). The maximum atomic E-state index is 13.9. The van der Waals surface area contributed by atoms with Crippen LogP contribution in [0, 0.1) is 12.8 Å². The van der Waals surface area contributed by atoms with Crippen LogP contribution in [0.3, 0.4) is 0 Å². The molecule has 3 aromatic carbocycles. The monoisotopic (exact) mass is 593 g/mol. The van der Waals surface area contributed by atoms with E-state index in [1.165, 1.54) is 4.31 Å². The van der Waals surface area contributed by atoms with Crippen LogP contribution in [0.4, 0.5) is 5.69 Å². The van der Waals surface area contributed by atoms with Crippen LogP contribution in [0.25, 0.3) is 0 Å². The highest BCUT2D eigenvalue weighted by molar-refractivity contribution is 7.92. The summed E-state index contributed by atoms with van der Waals surface area (Å²) in [5.41, 5.74) is 3.43. The summed E-state index contributed by atoms with van der Waals surface area (Å²) < 4.78 is 31.8. The van der Waals surface area contributed by atoms with E-state index in [0.717, 1.165) is 22.9 Å². The molecular weight excluding hydrogens is 550 g/mol. The number of carbonyl (C=O) groups excluding carboxylic acids is 2. The Bertz CT molecular complexity index is 1410. The van der Waals surface area contributed by atoms with Gasteiger partial charge in [0.15, 0.2) is 0 Å². The summed E-state index contributed by atoms with van der Waals surface area (Å²) in [5, 5.41) is 3.03. The number of hydrogen-bond donors (Lipinski definition) is 1. The van der Waals surface area contributed by atoms with Crippen LogP contribution >= 0.6 is 0 Å². The van der Waals surface area contributed by atoms with Crippen LogP contribution in [0.5, 0.6) is 5.75 Å². The number of aryl methyl sites for hydroxylation is 1. The van der Waals surface area contributed by atoms with E-state index in [2.05, 4.69) is 5.32 Å². The third-order valence-electron chi connectivity index (χ3n) is 7.07. The van der Waals surface area contributed by atoms with Crippen molar-refractivity contribution in [3.63, 3.8) is 0 Å². The first kappa shape index (κ1) is 32.7. The average Bonchev–Trinajstić information content (AvgIpc) is 2.96. The van der Waals surface area contributed by atoms with Gasteiger partial charge in [0.05, 0.1) is 19.1 Å². The molecule has 8 nitrogen and oxygen atoms in total. The lowest BCUT2D eigenvalue weighted by Gasteiger charge is -2.32. The second-order valence-electron chi connectivity index (χ2n) is 10.9. The van der Waals surface area contributed by atoms with Crippen molar-refractivity contribution in [1.82, 2.24) is 10.2 Å². The molecule has 0 fully saturated rings. The number of rotatable bonds is 15. The predicted molar refractivity (Wildman–Crippen MR) is 168 cm³/mol. The molecule has 0 heterocycles. The molecule has 1 atom stereocenters. The van der Waals surface area contributed by atoms with Gasteiger partial charge in [0.1, 0.15) is 11.8 Å². The topological polar surface area (TPSA) is 96.0 Å². The molecule has 0 aliphatic rings. The number of nitrogens with one attached hydrogen (secondary N) is 1. The Balaban J connectivity index is 1.88. The van der Waals surface area contributed by atoms with E-state index < -0.39 is 16.1 Å². The van der Waals surface area contributed by atoms with Gasteiger partial charge in [0, 0.05) is 32.5 Å². The summed E-state index contributed by atoms with van der Waals surface area (Å²) in [5.74, 6) is 0.466. The zero-order valence-corrected chi connectivity index (χ0v) is 26.1. The Kier molecular flexibility index (Phi) is 12.0. The van der Waals surface area contributed by atoms with Crippen LogP contribution in [0.15, 0.2) is 78.9 Å². The van der Waals surface area contributed by atoms with Crippen molar-refractivity contribution in [2.24, 2.45) is 5.92 Å². The smallest absolute Gasteiger partial charge is 0.243 e. The molecule has 0 saturated carbocycles. The van der Waals surface area contributed by atoms with Gasteiger partial charge in [-0.15, -0.1) is 0 Å². The minimum atomic E-state index is -3.59. The summed E-state index contributed by atoms with van der Waals surface area (Å²) in [6.07, 6.45) is 1.88. The zero-order valence-electron chi connectivity index (χ0n) is 25.2. The van der Waals surface area contributed by atoms with Crippen molar-refractivity contribution in [3.05, 3.63) is 95.6 Å². The van der Waals surface area contributed by atoms with E-state index in [-0.39, 0.29) is 43.7 Å². The molecule has 0 aliphatic heterocycles.